The first-order valence-electron chi connectivity index (χ1n) is 7.34. The monoisotopic (exact) mass is 325 g/mol. The minimum Gasteiger partial charge on any atom is -0.369 e. The van der Waals surface area contributed by atoms with E-state index in [2.05, 4.69) is 59.4 Å². The van der Waals surface area contributed by atoms with E-state index < -0.39 is 0 Å². The summed E-state index contributed by atoms with van der Waals surface area (Å²) in [5, 5.41) is 3.58. The highest BCUT2D eigenvalue weighted by molar-refractivity contribution is 9.10. The van der Waals surface area contributed by atoms with Gasteiger partial charge in [-0.05, 0) is 37.8 Å². The average Bonchev–Trinajstić information content (AvgIpc) is 3.19. The summed E-state index contributed by atoms with van der Waals surface area (Å²) in [6.45, 7) is 5.28. The van der Waals surface area contributed by atoms with Crippen LogP contribution in [-0.4, -0.2) is 18.7 Å². The van der Waals surface area contributed by atoms with E-state index in [4.69, 9.17) is 4.74 Å². The molecule has 0 bridgehead atoms. The van der Waals surface area contributed by atoms with Gasteiger partial charge in [-0.2, -0.15) is 0 Å². The number of halogens is 1. The molecular weight excluding hydrogens is 302 g/mol. The molecule has 0 aromatic heterocycles. The fourth-order valence-electron chi connectivity index (χ4n) is 2.28. The first kappa shape index (κ1) is 15.0. The van der Waals surface area contributed by atoms with E-state index in [0.29, 0.717) is 6.10 Å². The molecule has 0 radical (unpaired) electrons. The van der Waals surface area contributed by atoms with Crippen molar-refractivity contribution in [3.05, 3.63) is 34.3 Å². The van der Waals surface area contributed by atoms with E-state index in [1.807, 2.05) is 0 Å². The number of ether oxygens (including phenoxy) is 1. The van der Waals surface area contributed by atoms with E-state index in [0.717, 1.165) is 23.5 Å². The molecule has 1 fully saturated rings. The smallest absolute Gasteiger partial charge is 0.0963 e. The van der Waals surface area contributed by atoms with E-state index in [1.54, 1.807) is 0 Å². The van der Waals surface area contributed by atoms with Gasteiger partial charge in [-0.15, -0.1) is 0 Å². The van der Waals surface area contributed by atoms with Crippen LogP contribution in [0.15, 0.2) is 28.7 Å². The van der Waals surface area contributed by atoms with Crippen LogP contribution in [0.5, 0.6) is 0 Å². The average molecular weight is 326 g/mol. The molecule has 3 heteroatoms. The molecule has 2 atom stereocenters. The van der Waals surface area contributed by atoms with Crippen molar-refractivity contribution in [1.82, 2.24) is 5.32 Å². The van der Waals surface area contributed by atoms with Crippen molar-refractivity contribution >= 4 is 15.9 Å². The number of hydrogen-bond acceptors (Lipinski definition) is 2. The van der Waals surface area contributed by atoms with Gasteiger partial charge in [-0.3, -0.25) is 0 Å². The summed E-state index contributed by atoms with van der Waals surface area (Å²) < 4.78 is 7.38. The molecule has 0 amide bonds. The SMILES string of the molecule is CCCC(C)OC(CNC1CC1)c1ccccc1Br. The topological polar surface area (TPSA) is 21.3 Å². The Morgan fingerprint density at radius 2 is 2.11 bits per heavy atom. The molecule has 1 aliphatic rings. The Bertz CT molecular complexity index is 392. The molecule has 0 saturated heterocycles. The summed E-state index contributed by atoms with van der Waals surface area (Å²) in [6, 6.07) is 9.09. The van der Waals surface area contributed by atoms with Gasteiger partial charge in [0.1, 0.15) is 0 Å². The number of benzene rings is 1. The minimum atomic E-state index is 0.137. The molecule has 2 rings (SSSR count). The summed E-state index contributed by atoms with van der Waals surface area (Å²) in [5.41, 5.74) is 1.25. The van der Waals surface area contributed by atoms with Gasteiger partial charge in [0.15, 0.2) is 0 Å². The van der Waals surface area contributed by atoms with Crippen molar-refractivity contribution in [2.75, 3.05) is 6.54 Å². The molecule has 1 N–H and O–H groups in total. The number of nitrogens with one attached hydrogen (secondary N) is 1. The number of rotatable bonds is 8. The Morgan fingerprint density at radius 3 is 2.74 bits per heavy atom. The molecular formula is C16H24BrNO. The van der Waals surface area contributed by atoms with Gasteiger partial charge in [0, 0.05) is 17.1 Å². The fraction of sp³-hybridized carbons (Fsp3) is 0.625. The van der Waals surface area contributed by atoms with Crippen LogP contribution < -0.4 is 5.32 Å². The normalized spacial score (nSPS) is 18.3. The van der Waals surface area contributed by atoms with Crippen LogP contribution in [0.25, 0.3) is 0 Å². The van der Waals surface area contributed by atoms with Crippen molar-refractivity contribution in [1.29, 1.82) is 0 Å². The summed E-state index contributed by atoms with van der Waals surface area (Å²) in [5.74, 6) is 0. The maximum absolute atomic E-state index is 6.24. The largest absolute Gasteiger partial charge is 0.369 e. The van der Waals surface area contributed by atoms with Gasteiger partial charge in [-0.25, -0.2) is 0 Å². The fourth-order valence-corrected chi connectivity index (χ4v) is 2.82. The molecule has 1 aromatic rings. The van der Waals surface area contributed by atoms with Crippen LogP contribution in [0.3, 0.4) is 0 Å². The van der Waals surface area contributed by atoms with E-state index in [-0.39, 0.29) is 6.10 Å². The molecule has 2 unspecified atom stereocenters. The van der Waals surface area contributed by atoms with Crippen molar-refractivity contribution < 1.29 is 4.74 Å². The van der Waals surface area contributed by atoms with Crippen LogP contribution in [0.4, 0.5) is 0 Å². The van der Waals surface area contributed by atoms with Gasteiger partial charge in [0.2, 0.25) is 0 Å². The molecule has 0 aliphatic heterocycles. The minimum absolute atomic E-state index is 0.137. The van der Waals surface area contributed by atoms with Crippen LogP contribution in [0.1, 0.15) is 51.2 Å². The molecule has 2 nitrogen and oxygen atoms in total. The van der Waals surface area contributed by atoms with Gasteiger partial charge < -0.3 is 10.1 Å². The third-order valence-electron chi connectivity index (χ3n) is 3.51. The maximum Gasteiger partial charge on any atom is 0.0963 e. The lowest BCUT2D eigenvalue weighted by Crippen LogP contribution is -2.27. The third kappa shape index (κ3) is 4.90. The first-order valence-corrected chi connectivity index (χ1v) is 8.13. The second kappa shape index (κ2) is 7.41. The van der Waals surface area contributed by atoms with E-state index in [1.165, 1.54) is 24.8 Å². The lowest BCUT2D eigenvalue weighted by molar-refractivity contribution is -0.00776. The molecule has 1 aliphatic carbocycles. The quantitative estimate of drug-likeness (QED) is 0.762. The van der Waals surface area contributed by atoms with Crippen LogP contribution in [-0.2, 0) is 4.74 Å². The van der Waals surface area contributed by atoms with Gasteiger partial charge >= 0.3 is 0 Å². The highest BCUT2D eigenvalue weighted by Gasteiger charge is 2.24. The highest BCUT2D eigenvalue weighted by atomic mass is 79.9. The van der Waals surface area contributed by atoms with Crippen molar-refractivity contribution in [2.45, 2.75) is 57.8 Å². The van der Waals surface area contributed by atoms with Crippen LogP contribution in [0.2, 0.25) is 0 Å². The van der Waals surface area contributed by atoms with Gasteiger partial charge in [0.25, 0.3) is 0 Å². The summed E-state index contributed by atoms with van der Waals surface area (Å²) in [6.07, 6.45) is 5.35. The van der Waals surface area contributed by atoms with Gasteiger partial charge in [0.05, 0.1) is 12.2 Å². The van der Waals surface area contributed by atoms with Crippen molar-refractivity contribution in [3.8, 4) is 0 Å². The lowest BCUT2D eigenvalue weighted by atomic mass is 10.1. The Kier molecular flexibility index (Phi) is 5.86. The molecule has 0 heterocycles. The zero-order chi connectivity index (χ0) is 13.7. The summed E-state index contributed by atoms with van der Waals surface area (Å²) in [7, 11) is 0. The predicted octanol–water partition coefficient (Wildman–Crippen LogP) is 4.45. The molecule has 1 aromatic carbocycles. The number of hydrogen-bond donors (Lipinski definition) is 1. The molecule has 19 heavy (non-hydrogen) atoms. The Labute approximate surface area is 125 Å². The van der Waals surface area contributed by atoms with Crippen molar-refractivity contribution in [3.63, 3.8) is 0 Å². The second-order valence-electron chi connectivity index (χ2n) is 5.43. The van der Waals surface area contributed by atoms with Crippen molar-refractivity contribution in [2.24, 2.45) is 0 Å². The third-order valence-corrected chi connectivity index (χ3v) is 4.24. The van der Waals surface area contributed by atoms with E-state index in [9.17, 15) is 0 Å². The summed E-state index contributed by atoms with van der Waals surface area (Å²) in [4.78, 5) is 0. The maximum atomic E-state index is 6.24. The molecule has 0 spiro atoms. The zero-order valence-corrected chi connectivity index (χ0v) is 13.4. The highest BCUT2D eigenvalue weighted by Crippen LogP contribution is 2.28. The summed E-state index contributed by atoms with van der Waals surface area (Å²) >= 11 is 3.64. The molecule has 106 valence electrons. The zero-order valence-electron chi connectivity index (χ0n) is 11.9. The van der Waals surface area contributed by atoms with E-state index >= 15 is 0 Å². The Hall–Kier alpha value is -0.380. The molecule has 1 saturated carbocycles. The standard InChI is InChI=1S/C16H24BrNO/c1-3-6-12(2)19-16(11-18-13-9-10-13)14-7-4-5-8-15(14)17/h4-5,7-8,12-13,16,18H,3,6,9-11H2,1-2H3. The lowest BCUT2D eigenvalue weighted by Gasteiger charge is -2.24. The predicted molar refractivity (Wildman–Crippen MR) is 83.4 cm³/mol. The van der Waals surface area contributed by atoms with Crippen LogP contribution >= 0.6 is 15.9 Å². The Balaban J connectivity index is 2.01. The first-order chi connectivity index (χ1) is 9.20. The second-order valence-corrected chi connectivity index (χ2v) is 6.28. The Morgan fingerprint density at radius 1 is 1.37 bits per heavy atom. The van der Waals surface area contributed by atoms with Crippen LogP contribution in [0, 0.1) is 0 Å². The van der Waals surface area contributed by atoms with Gasteiger partial charge in [-0.1, -0.05) is 47.5 Å².